The number of amides is 2. The van der Waals surface area contributed by atoms with Gasteiger partial charge in [-0.25, -0.2) is 4.39 Å². The van der Waals surface area contributed by atoms with Crippen LogP contribution in [0.3, 0.4) is 0 Å². The number of anilines is 1. The first-order valence-electron chi connectivity index (χ1n) is 9.70. The molecule has 0 aliphatic carbocycles. The van der Waals surface area contributed by atoms with Gasteiger partial charge in [0.25, 0.3) is 11.8 Å². The number of piperazine rings is 1. The topological polar surface area (TPSA) is 53.9 Å². The molecule has 28 heavy (non-hydrogen) atoms. The summed E-state index contributed by atoms with van der Waals surface area (Å²) in [6.07, 6.45) is 0. The van der Waals surface area contributed by atoms with E-state index in [1.807, 2.05) is 29.2 Å². The number of quaternary nitrogens is 1. The molecular weight excluding hydrogens is 357 g/mol. The zero-order valence-corrected chi connectivity index (χ0v) is 16.4. The highest BCUT2D eigenvalue weighted by Gasteiger charge is 2.26. The second-order valence-corrected chi connectivity index (χ2v) is 7.55. The van der Waals surface area contributed by atoms with Crippen LogP contribution in [0.5, 0.6) is 0 Å². The number of nitrogens with zero attached hydrogens (tertiary/aromatic N) is 1. The van der Waals surface area contributed by atoms with Crippen LogP contribution in [0.1, 0.15) is 35.7 Å². The van der Waals surface area contributed by atoms with E-state index in [1.165, 1.54) is 17.7 Å². The summed E-state index contributed by atoms with van der Waals surface area (Å²) in [5.41, 5.74) is 2.38. The van der Waals surface area contributed by atoms with Gasteiger partial charge in [-0.1, -0.05) is 32.0 Å². The van der Waals surface area contributed by atoms with Crippen LogP contribution in [0.25, 0.3) is 0 Å². The van der Waals surface area contributed by atoms with E-state index in [1.54, 1.807) is 12.1 Å². The van der Waals surface area contributed by atoms with Gasteiger partial charge in [-0.05, 0) is 41.8 Å². The molecule has 3 rings (SSSR count). The maximum atomic E-state index is 13.2. The maximum Gasteiger partial charge on any atom is 0.279 e. The number of rotatable bonds is 5. The number of carbonyl (C=O) groups is 2. The third-order valence-corrected chi connectivity index (χ3v) is 5.10. The van der Waals surface area contributed by atoms with Crippen molar-refractivity contribution in [3.8, 4) is 0 Å². The Morgan fingerprint density at radius 1 is 1.11 bits per heavy atom. The van der Waals surface area contributed by atoms with Gasteiger partial charge in [0.2, 0.25) is 0 Å². The van der Waals surface area contributed by atoms with Crippen molar-refractivity contribution in [1.29, 1.82) is 0 Å². The summed E-state index contributed by atoms with van der Waals surface area (Å²) in [6, 6.07) is 13.7. The predicted octanol–water partition coefficient (Wildman–Crippen LogP) is 1.93. The first-order chi connectivity index (χ1) is 13.4. The molecule has 0 atom stereocenters. The third-order valence-electron chi connectivity index (χ3n) is 5.10. The SMILES string of the molecule is CC(C)c1ccc(C(=O)N2CC[NH+](CC(=O)Nc3cccc(F)c3)CC2)cc1. The lowest BCUT2D eigenvalue weighted by Crippen LogP contribution is -3.15. The van der Waals surface area contributed by atoms with Crippen molar-refractivity contribution < 1.29 is 18.9 Å². The van der Waals surface area contributed by atoms with E-state index < -0.39 is 0 Å². The molecule has 0 saturated carbocycles. The van der Waals surface area contributed by atoms with Gasteiger partial charge in [-0.3, -0.25) is 9.59 Å². The van der Waals surface area contributed by atoms with E-state index in [0.29, 0.717) is 49.9 Å². The number of halogens is 1. The molecule has 5 nitrogen and oxygen atoms in total. The van der Waals surface area contributed by atoms with Crippen LogP contribution in [0.15, 0.2) is 48.5 Å². The van der Waals surface area contributed by atoms with Gasteiger partial charge >= 0.3 is 0 Å². The molecule has 1 heterocycles. The second kappa shape index (κ2) is 8.97. The predicted molar refractivity (Wildman–Crippen MR) is 107 cm³/mol. The third kappa shape index (κ3) is 5.16. The van der Waals surface area contributed by atoms with Crippen LogP contribution < -0.4 is 10.2 Å². The van der Waals surface area contributed by atoms with E-state index in [-0.39, 0.29) is 17.6 Å². The van der Waals surface area contributed by atoms with Gasteiger partial charge in [0.15, 0.2) is 6.54 Å². The van der Waals surface area contributed by atoms with Crippen LogP contribution in [-0.4, -0.2) is 49.4 Å². The molecule has 2 amide bonds. The highest BCUT2D eigenvalue weighted by molar-refractivity contribution is 5.94. The van der Waals surface area contributed by atoms with Crippen LogP contribution in [-0.2, 0) is 4.79 Å². The Labute approximate surface area is 165 Å². The minimum atomic E-state index is -0.376. The lowest BCUT2D eigenvalue weighted by Gasteiger charge is -2.32. The lowest BCUT2D eigenvalue weighted by molar-refractivity contribution is -0.895. The second-order valence-electron chi connectivity index (χ2n) is 7.55. The number of carbonyl (C=O) groups excluding carboxylic acids is 2. The normalized spacial score (nSPS) is 14.9. The fraction of sp³-hybridized carbons (Fsp3) is 0.364. The van der Waals surface area contributed by atoms with Crippen molar-refractivity contribution in [2.75, 3.05) is 38.0 Å². The fourth-order valence-corrected chi connectivity index (χ4v) is 3.39. The monoisotopic (exact) mass is 384 g/mol. The highest BCUT2D eigenvalue weighted by atomic mass is 19.1. The lowest BCUT2D eigenvalue weighted by atomic mass is 10.0. The number of hydrogen-bond donors (Lipinski definition) is 2. The van der Waals surface area contributed by atoms with Crippen molar-refractivity contribution in [2.45, 2.75) is 19.8 Å². The number of hydrogen-bond acceptors (Lipinski definition) is 2. The number of benzene rings is 2. The Bertz CT molecular complexity index is 828. The zero-order chi connectivity index (χ0) is 20.1. The van der Waals surface area contributed by atoms with Crippen molar-refractivity contribution in [2.24, 2.45) is 0 Å². The molecule has 0 unspecified atom stereocenters. The molecule has 148 valence electrons. The molecule has 1 aliphatic heterocycles. The van der Waals surface area contributed by atoms with Crippen LogP contribution >= 0.6 is 0 Å². The molecular formula is C22H27FN3O2+. The first-order valence-corrected chi connectivity index (χ1v) is 9.70. The Morgan fingerprint density at radius 2 is 1.79 bits per heavy atom. The van der Waals surface area contributed by atoms with Crippen molar-refractivity contribution in [3.63, 3.8) is 0 Å². The van der Waals surface area contributed by atoms with Crippen LogP contribution in [0.2, 0.25) is 0 Å². The van der Waals surface area contributed by atoms with Crippen molar-refractivity contribution in [1.82, 2.24) is 4.90 Å². The summed E-state index contributed by atoms with van der Waals surface area (Å²) in [4.78, 5) is 27.8. The molecule has 0 spiro atoms. The average Bonchev–Trinajstić information content (AvgIpc) is 2.68. The standard InChI is InChI=1S/C22H26FN3O2/c1-16(2)17-6-8-18(9-7-17)22(28)26-12-10-25(11-13-26)15-21(27)24-20-5-3-4-19(23)14-20/h3-9,14,16H,10-13,15H2,1-2H3,(H,24,27)/p+1. The van der Waals surface area contributed by atoms with Gasteiger partial charge in [0, 0.05) is 11.3 Å². The fourth-order valence-electron chi connectivity index (χ4n) is 3.39. The summed E-state index contributed by atoms with van der Waals surface area (Å²) >= 11 is 0. The highest BCUT2D eigenvalue weighted by Crippen LogP contribution is 2.15. The molecule has 0 radical (unpaired) electrons. The summed E-state index contributed by atoms with van der Waals surface area (Å²) in [6.45, 7) is 7.23. The molecule has 2 aromatic rings. The first kappa shape index (κ1) is 20.0. The minimum Gasteiger partial charge on any atom is -0.327 e. The van der Waals surface area contributed by atoms with Crippen LogP contribution in [0.4, 0.5) is 10.1 Å². The minimum absolute atomic E-state index is 0.0403. The van der Waals surface area contributed by atoms with Gasteiger partial charge in [-0.2, -0.15) is 0 Å². The molecule has 6 heteroatoms. The summed E-state index contributed by atoms with van der Waals surface area (Å²) < 4.78 is 13.2. The Morgan fingerprint density at radius 3 is 2.39 bits per heavy atom. The van der Waals surface area contributed by atoms with E-state index >= 15 is 0 Å². The Kier molecular flexibility index (Phi) is 6.41. The molecule has 0 bridgehead atoms. The number of nitrogens with one attached hydrogen (secondary N) is 2. The Hall–Kier alpha value is -2.73. The molecule has 1 saturated heterocycles. The summed E-state index contributed by atoms with van der Waals surface area (Å²) in [5, 5.41) is 2.72. The van der Waals surface area contributed by atoms with Crippen molar-refractivity contribution >= 4 is 17.5 Å². The van der Waals surface area contributed by atoms with Crippen LogP contribution in [0, 0.1) is 5.82 Å². The van der Waals surface area contributed by atoms with Gasteiger partial charge < -0.3 is 15.1 Å². The zero-order valence-electron chi connectivity index (χ0n) is 16.4. The van der Waals surface area contributed by atoms with Gasteiger partial charge in [0.1, 0.15) is 5.82 Å². The molecule has 2 N–H and O–H groups in total. The summed E-state index contributed by atoms with van der Waals surface area (Å²) in [7, 11) is 0. The quantitative estimate of drug-likeness (QED) is 0.828. The summed E-state index contributed by atoms with van der Waals surface area (Å²) in [5.74, 6) is -0.0447. The van der Waals surface area contributed by atoms with E-state index in [4.69, 9.17) is 0 Å². The van der Waals surface area contributed by atoms with Gasteiger partial charge in [0.05, 0.1) is 26.2 Å². The van der Waals surface area contributed by atoms with Crippen molar-refractivity contribution in [3.05, 3.63) is 65.5 Å². The average molecular weight is 384 g/mol. The molecule has 1 fully saturated rings. The largest absolute Gasteiger partial charge is 0.327 e. The molecule has 2 aromatic carbocycles. The molecule has 0 aromatic heterocycles. The van der Waals surface area contributed by atoms with E-state index in [0.717, 1.165) is 4.90 Å². The van der Waals surface area contributed by atoms with E-state index in [2.05, 4.69) is 19.2 Å². The maximum absolute atomic E-state index is 13.2. The Balaban J connectivity index is 1.48. The van der Waals surface area contributed by atoms with Gasteiger partial charge in [-0.15, -0.1) is 0 Å². The van der Waals surface area contributed by atoms with E-state index in [9.17, 15) is 14.0 Å². The molecule has 1 aliphatic rings. The smallest absolute Gasteiger partial charge is 0.279 e.